The van der Waals surface area contributed by atoms with E-state index in [4.69, 9.17) is 0 Å². The Kier molecular flexibility index (Phi) is 6.69. The number of nitrogens with zero attached hydrogens (tertiary/aromatic N) is 1. The summed E-state index contributed by atoms with van der Waals surface area (Å²) in [5.74, 6) is 0.744. The van der Waals surface area contributed by atoms with Gasteiger partial charge in [0.05, 0.1) is 0 Å². The van der Waals surface area contributed by atoms with Crippen molar-refractivity contribution < 1.29 is 0 Å². The molecule has 2 nitrogen and oxygen atoms in total. The van der Waals surface area contributed by atoms with Gasteiger partial charge in [-0.2, -0.15) is 0 Å². The third kappa shape index (κ3) is 4.60. The molecule has 1 fully saturated rings. The standard InChI is InChI=1S/C15H24N2.ClH/c1-13(10-14-6-4-3-5-7-14)11-17-9-8-15(12-17)16-2;/h3-7,13,15-16H,8-12H2,1-2H3;1H. The van der Waals surface area contributed by atoms with E-state index in [9.17, 15) is 0 Å². The first-order valence-corrected chi connectivity index (χ1v) is 6.71. The highest BCUT2D eigenvalue weighted by Crippen LogP contribution is 2.14. The molecule has 0 aliphatic carbocycles. The molecule has 1 aliphatic rings. The summed E-state index contributed by atoms with van der Waals surface area (Å²) < 4.78 is 0. The van der Waals surface area contributed by atoms with E-state index in [0.29, 0.717) is 6.04 Å². The number of hydrogen-bond donors (Lipinski definition) is 1. The van der Waals surface area contributed by atoms with Gasteiger partial charge in [0.15, 0.2) is 0 Å². The van der Waals surface area contributed by atoms with Crippen LogP contribution in [0.5, 0.6) is 0 Å². The van der Waals surface area contributed by atoms with Gasteiger partial charge in [-0.15, -0.1) is 12.4 Å². The second-order valence-corrected chi connectivity index (χ2v) is 5.33. The minimum absolute atomic E-state index is 0. The molecule has 1 aliphatic heterocycles. The lowest BCUT2D eigenvalue weighted by molar-refractivity contribution is 0.281. The van der Waals surface area contributed by atoms with E-state index in [1.807, 2.05) is 0 Å². The molecule has 0 amide bonds. The van der Waals surface area contributed by atoms with Gasteiger partial charge in [0.2, 0.25) is 0 Å². The summed E-state index contributed by atoms with van der Waals surface area (Å²) in [7, 11) is 2.07. The van der Waals surface area contributed by atoms with Crippen LogP contribution in [0.3, 0.4) is 0 Å². The molecular weight excluding hydrogens is 244 g/mol. The quantitative estimate of drug-likeness (QED) is 0.883. The Labute approximate surface area is 117 Å². The summed E-state index contributed by atoms with van der Waals surface area (Å²) >= 11 is 0. The molecule has 18 heavy (non-hydrogen) atoms. The van der Waals surface area contributed by atoms with Gasteiger partial charge in [-0.1, -0.05) is 37.3 Å². The van der Waals surface area contributed by atoms with Gasteiger partial charge in [0.25, 0.3) is 0 Å². The summed E-state index contributed by atoms with van der Waals surface area (Å²) in [6.45, 7) is 6.06. The Hall–Kier alpha value is -0.570. The fourth-order valence-electron chi connectivity index (χ4n) is 2.76. The predicted octanol–water partition coefficient (Wildman–Crippen LogP) is 2.58. The predicted molar refractivity (Wildman–Crippen MR) is 80.5 cm³/mol. The average molecular weight is 269 g/mol. The summed E-state index contributed by atoms with van der Waals surface area (Å²) in [6, 6.07) is 11.5. The molecule has 1 saturated heterocycles. The van der Waals surface area contributed by atoms with Crippen LogP contribution in [0.1, 0.15) is 18.9 Å². The van der Waals surface area contributed by atoms with E-state index >= 15 is 0 Å². The van der Waals surface area contributed by atoms with Gasteiger partial charge >= 0.3 is 0 Å². The lowest BCUT2D eigenvalue weighted by atomic mass is 10.0. The summed E-state index contributed by atoms with van der Waals surface area (Å²) in [4.78, 5) is 2.59. The zero-order chi connectivity index (χ0) is 12.1. The van der Waals surface area contributed by atoms with Gasteiger partial charge in [0.1, 0.15) is 0 Å². The summed E-state index contributed by atoms with van der Waals surface area (Å²) in [5.41, 5.74) is 1.46. The topological polar surface area (TPSA) is 15.3 Å². The zero-order valence-corrected chi connectivity index (χ0v) is 12.2. The first-order valence-electron chi connectivity index (χ1n) is 6.71. The van der Waals surface area contributed by atoms with E-state index < -0.39 is 0 Å². The van der Waals surface area contributed by atoms with Crippen LogP contribution in [0.15, 0.2) is 30.3 Å². The zero-order valence-electron chi connectivity index (χ0n) is 11.4. The molecule has 2 atom stereocenters. The molecule has 0 saturated carbocycles. The van der Waals surface area contributed by atoms with Gasteiger partial charge in [-0.25, -0.2) is 0 Å². The maximum Gasteiger partial charge on any atom is 0.0204 e. The van der Waals surface area contributed by atoms with Crippen LogP contribution >= 0.6 is 12.4 Å². The van der Waals surface area contributed by atoms with Gasteiger partial charge in [-0.3, -0.25) is 0 Å². The molecule has 102 valence electrons. The molecule has 1 aromatic carbocycles. The van der Waals surface area contributed by atoms with Crippen molar-refractivity contribution in [1.29, 1.82) is 0 Å². The minimum atomic E-state index is 0. The second-order valence-electron chi connectivity index (χ2n) is 5.33. The average Bonchev–Trinajstić information content (AvgIpc) is 2.78. The third-order valence-electron chi connectivity index (χ3n) is 3.68. The maximum absolute atomic E-state index is 3.38. The number of rotatable bonds is 5. The van der Waals surface area contributed by atoms with Gasteiger partial charge in [0, 0.05) is 19.1 Å². The van der Waals surface area contributed by atoms with E-state index in [1.165, 1.54) is 38.0 Å². The van der Waals surface area contributed by atoms with Crippen LogP contribution in [0.4, 0.5) is 0 Å². The molecule has 3 heteroatoms. The molecule has 2 rings (SSSR count). The van der Waals surface area contributed by atoms with Crippen LogP contribution in [-0.2, 0) is 6.42 Å². The Bertz CT molecular complexity index is 329. The van der Waals surface area contributed by atoms with Crippen LogP contribution in [-0.4, -0.2) is 37.6 Å². The van der Waals surface area contributed by atoms with Crippen molar-refractivity contribution in [3.05, 3.63) is 35.9 Å². The first kappa shape index (κ1) is 15.5. The van der Waals surface area contributed by atoms with E-state index in [1.54, 1.807) is 0 Å². The van der Waals surface area contributed by atoms with Crippen molar-refractivity contribution >= 4 is 12.4 Å². The van der Waals surface area contributed by atoms with E-state index in [0.717, 1.165) is 5.92 Å². The maximum atomic E-state index is 3.38. The fraction of sp³-hybridized carbons (Fsp3) is 0.600. The molecule has 2 unspecified atom stereocenters. The molecule has 1 heterocycles. The van der Waals surface area contributed by atoms with Crippen molar-refractivity contribution in [3.63, 3.8) is 0 Å². The number of likely N-dealkylation sites (tertiary alicyclic amines) is 1. The SMILES string of the molecule is CNC1CCN(CC(C)Cc2ccccc2)C1.Cl. The van der Waals surface area contributed by atoms with Crippen LogP contribution in [0.25, 0.3) is 0 Å². The second kappa shape index (κ2) is 7.78. The van der Waals surface area contributed by atoms with Crippen molar-refractivity contribution in [2.45, 2.75) is 25.8 Å². The molecule has 0 spiro atoms. The largest absolute Gasteiger partial charge is 0.316 e. The first-order chi connectivity index (χ1) is 8.28. The molecular formula is C15H25ClN2. The van der Waals surface area contributed by atoms with Gasteiger partial charge in [-0.05, 0) is 37.9 Å². The van der Waals surface area contributed by atoms with Crippen molar-refractivity contribution in [1.82, 2.24) is 10.2 Å². The molecule has 0 bridgehead atoms. The monoisotopic (exact) mass is 268 g/mol. The Morgan fingerprint density at radius 2 is 2.06 bits per heavy atom. The Morgan fingerprint density at radius 1 is 1.33 bits per heavy atom. The number of likely N-dealkylation sites (N-methyl/N-ethyl adjacent to an activating group) is 1. The number of hydrogen-bond acceptors (Lipinski definition) is 2. The number of halogens is 1. The fourth-order valence-corrected chi connectivity index (χ4v) is 2.76. The van der Waals surface area contributed by atoms with Crippen LogP contribution < -0.4 is 5.32 Å². The highest BCUT2D eigenvalue weighted by molar-refractivity contribution is 5.85. The van der Waals surface area contributed by atoms with E-state index in [2.05, 4.69) is 54.5 Å². The van der Waals surface area contributed by atoms with E-state index in [-0.39, 0.29) is 12.4 Å². The highest BCUT2D eigenvalue weighted by Gasteiger charge is 2.21. The lowest BCUT2D eigenvalue weighted by Gasteiger charge is -2.20. The molecule has 1 aromatic rings. The number of nitrogens with one attached hydrogen (secondary N) is 1. The number of benzene rings is 1. The minimum Gasteiger partial charge on any atom is -0.316 e. The normalized spacial score (nSPS) is 21.6. The highest BCUT2D eigenvalue weighted by atomic mass is 35.5. The molecule has 0 radical (unpaired) electrons. The lowest BCUT2D eigenvalue weighted by Crippen LogP contribution is -2.32. The smallest absolute Gasteiger partial charge is 0.0204 e. The summed E-state index contributed by atoms with van der Waals surface area (Å²) in [6.07, 6.45) is 2.50. The van der Waals surface area contributed by atoms with Crippen molar-refractivity contribution in [2.24, 2.45) is 5.92 Å². The van der Waals surface area contributed by atoms with Crippen LogP contribution in [0.2, 0.25) is 0 Å². The van der Waals surface area contributed by atoms with Gasteiger partial charge < -0.3 is 10.2 Å². The van der Waals surface area contributed by atoms with Crippen molar-refractivity contribution in [3.8, 4) is 0 Å². The van der Waals surface area contributed by atoms with Crippen LogP contribution in [0, 0.1) is 5.92 Å². The third-order valence-corrected chi connectivity index (χ3v) is 3.68. The Balaban J connectivity index is 0.00000162. The van der Waals surface area contributed by atoms with Crippen molar-refractivity contribution in [2.75, 3.05) is 26.7 Å². The molecule has 0 aromatic heterocycles. The Morgan fingerprint density at radius 3 is 2.67 bits per heavy atom. The summed E-state index contributed by atoms with van der Waals surface area (Å²) in [5, 5.41) is 3.38. The molecule has 1 N–H and O–H groups in total.